The normalized spacial score (nSPS) is 18.7. The number of nitrogens with one attached hydrogen (secondary N) is 1. The van der Waals surface area contributed by atoms with Crippen molar-refractivity contribution >= 4 is 11.8 Å². The zero-order valence-electron chi connectivity index (χ0n) is 10.4. The lowest BCUT2D eigenvalue weighted by Crippen LogP contribution is -2.46. The summed E-state index contributed by atoms with van der Waals surface area (Å²) in [6.45, 7) is 3.84. The van der Waals surface area contributed by atoms with Gasteiger partial charge in [-0.05, 0) is 39.7 Å². The van der Waals surface area contributed by atoms with Crippen molar-refractivity contribution in [3.8, 4) is 6.07 Å². The second-order valence-electron chi connectivity index (χ2n) is 4.52. The van der Waals surface area contributed by atoms with Crippen LogP contribution in [0, 0.1) is 31.1 Å². The van der Waals surface area contributed by atoms with Gasteiger partial charge in [0.15, 0.2) is 0 Å². The number of nitriles is 1. The van der Waals surface area contributed by atoms with E-state index in [2.05, 4.69) is 16.4 Å². The van der Waals surface area contributed by atoms with Crippen molar-refractivity contribution in [1.82, 2.24) is 10.3 Å². The van der Waals surface area contributed by atoms with Crippen molar-refractivity contribution in [2.24, 2.45) is 5.92 Å². The van der Waals surface area contributed by atoms with Gasteiger partial charge in [0.25, 0.3) is 5.22 Å². The summed E-state index contributed by atoms with van der Waals surface area (Å²) in [7, 11) is 1.86. The van der Waals surface area contributed by atoms with E-state index in [1.54, 1.807) is 0 Å². The van der Waals surface area contributed by atoms with E-state index in [1.807, 2.05) is 20.9 Å². The van der Waals surface area contributed by atoms with Crippen molar-refractivity contribution in [1.29, 1.82) is 5.26 Å². The maximum atomic E-state index is 9.35. The molecule has 0 saturated heterocycles. The number of oxazole rings is 1. The third-order valence-electron chi connectivity index (χ3n) is 3.35. The Bertz CT molecular complexity index is 428. The van der Waals surface area contributed by atoms with E-state index in [0.717, 1.165) is 24.3 Å². The van der Waals surface area contributed by atoms with E-state index >= 15 is 0 Å². The molecule has 92 valence electrons. The molecule has 1 atom stereocenters. The largest absolute Gasteiger partial charge is 0.437 e. The molecule has 1 unspecified atom stereocenters. The molecule has 1 heterocycles. The molecule has 5 heteroatoms. The highest BCUT2D eigenvalue weighted by molar-refractivity contribution is 7.99. The molecule has 1 aliphatic carbocycles. The first-order chi connectivity index (χ1) is 8.11. The summed E-state index contributed by atoms with van der Waals surface area (Å²) in [5.74, 6) is 2.01. The number of thioether (sulfide) groups is 1. The van der Waals surface area contributed by atoms with E-state index < -0.39 is 5.54 Å². The minimum Gasteiger partial charge on any atom is -0.437 e. The van der Waals surface area contributed by atoms with E-state index in [0.29, 0.717) is 16.9 Å². The van der Waals surface area contributed by atoms with Crippen LogP contribution in [0.3, 0.4) is 0 Å². The lowest BCUT2D eigenvalue weighted by molar-refractivity contribution is 0.420. The van der Waals surface area contributed by atoms with Gasteiger partial charge in [-0.3, -0.25) is 0 Å². The highest BCUT2D eigenvalue weighted by Gasteiger charge is 2.44. The zero-order valence-corrected chi connectivity index (χ0v) is 11.2. The van der Waals surface area contributed by atoms with Crippen molar-refractivity contribution in [2.75, 3.05) is 12.8 Å². The highest BCUT2D eigenvalue weighted by Crippen LogP contribution is 2.41. The molecule has 2 rings (SSSR count). The summed E-state index contributed by atoms with van der Waals surface area (Å²) < 4.78 is 5.51. The quantitative estimate of drug-likeness (QED) is 0.813. The van der Waals surface area contributed by atoms with Crippen LogP contribution in [-0.4, -0.2) is 23.3 Å². The summed E-state index contributed by atoms with van der Waals surface area (Å²) in [6, 6.07) is 2.42. The van der Waals surface area contributed by atoms with Crippen molar-refractivity contribution < 1.29 is 4.42 Å². The fourth-order valence-electron chi connectivity index (χ4n) is 1.83. The Morgan fingerprint density at radius 1 is 1.59 bits per heavy atom. The number of hydrogen-bond donors (Lipinski definition) is 1. The molecule has 1 saturated carbocycles. The van der Waals surface area contributed by atoms with Crippen LogP contribution in [0.15, 0.2) is 9.64 Å². The average Bonchev–Trinajstić information content (AvgIpc) is 3.10. The molecule has 1 N–H and O–H groups in total. The predicted molar refractivity (Wildman–Crippen MR) is 66.8 cm³/mol. The van der Waals surface area contributed by atoms with Gasteiger partial charge in [0.2, 0.25) is 0 Å². The highest BCUT2D eigenvalue weighted by atomic mass is 32.2. The molecule has 0 amide bonds. The molecule has 0 aliphatic heterocycles. The molecular formula is C12H17N3OS. The van der Waals surface area contributed by atoms with Gasteiger partial charge in [0, 0.05) is 5.75 Å². The van der Waals surface area contributed by atoms with Crippen LogP contribution in [0.4, 0.5) is 0 Å². The topological polar surface area (TPSA) is 61.9 Å². The summed E-state index contributed by atoms with van der Waals surface area (Å²) in [5.41, 5.74) is 0.493. The summed E-state index contributed by atoms with van der Waals surface area (Å²) in [6.07, 6.45) is 2.27. The van der Waals surface area contributed by atoms with Gasteiger partial charge in [0.1, 0.15) is 11.3 Å². The van der Waals surface area contributed by atoms with Crippen molar-refractivity contribution in [2.45, 2.75) is 37.5 Å². The minimum absolute atomic E-state index is 0.430. The Kier molecular flexibility index (Phi) is 3.45. The molecule has 1 fully saturated rings. The zero-order chi connectivity index (χ0) is 12.5. The predicted octanol–water partition coefficient (Wildman–Crippen LogP) is 2.28. The van der Waals surface area contributed by atoms with Gasteiger partial charge >= 0.3 is 0 Å². The lowest BCUT2D eigenvalue weighted by atomic mass is 9.98. The Morgan fingerprint density at radius 3 is 2.71 bits per heavy atom. The maximum Gasteiger partial charge on any atom is 0.256 e. The van der Waals surface area contributed by atoms with Gasteiger partial charge in [-0.1, -0.05) is 11.8 Å². The Labute approximate surface area is 106 Å². The first kappa shape index (κ1) is 12.5. The standard InChI is InChI=1S/C12H17N3OS/c1-8-9(2)16-11(15-8)17-7-12(6-13,14-3)10-4-5-10/h10,14H,4-5,7H2,1-3H3. The molecule has 0 spiro atoms. The Hall–Kier alpha value is -0.990. The SMILES string of the molecule is CNC(C#N)(CSc1nc(C)c(C)o1)C1CC1. The molecule has 0 bridgehead atoms. The number of aromatic nitrogens is 1. The Morgan fingerprint density at radius 2 is 2.29 bits per heavy atom. The van der Waals surface area contributed by atoms with E-state index in [4.69, 9.17) is 4.42 Å². The van der Waals surface area contributed by atoms with Crippen LogP contribution < -0.4 is 5.32 Å². The number of hydrogen-bond acceptors (Lipinski definition) is 5. The Balaban J connectivity index is 2.03. The van der Waals surface area contributed by atoms with Gasteiger partial charge < -0.3 is 9.73 Å². The number of aryl methyl sites for hydroxylation is 2. The average molecular weight is 251 g/mol. The summed E-state index contributed by atoms with van der Waals surface area (Å²) >= 11 is 1.52. The first-order valence-corrected chi connectivity index (χ1v) is 6.77. The monoisotopic (exact) mass is 251 g/mol. The van der Waals surface area contributed by atoms with Crippen LogP contribution in [0.1, 0.15) is 24.3 Å². The molecule has 4 nitrogen and oxygen atoms in total. The van der Waals surface area contributed by atoms with Gasteiger partial charge in [-0.15, -0.1) is 0 Å². The summed E-state index contributed by atoms with van der Waals surface area (Å²) in [5, 5.41) is 13.2. The van der Waals surface area contributed by atoms with Crippen LogP contribution in [0.5, 0.6) is 0 Å². The van der Waals surface area contributed by atoms with Crippen molar-refractivity contribution in [3.63, 3.8) is 0 Å². The van der Waals surface area contributed by atoms with Crippen LogP contribution >= 0.6 is 11.8 Å². The fourth-order valence-corrected chi connectivity index (χ4v) is 3.01. The maximum absolute atomic E-state index is 9.35. The molecule has 0 radical (unpaired) electrons. The van der Waals surface area contributed by atoms with Crippen LogP contribution in [-0.2, 0) is 0 Å². The van der Waals surface area contributed by atoms with E-state index in [1.165, 1.54) is 11.8 Å². The second kappa shape index (κ2) is 4.71. The first-order valence-electron chi connectivity index (χ1n) is 5.78. The van der Waals surface area contributed by atoms with Gasteiger partial charge in [-0.25, -0.2) is 4.98 Å². The van der Waals surface area contributed by atoms with E-state index in [9.17, 15) is 5.26 Å². The summed E-state index contributed by atoms with van der Waals surface area (Å²) in [4.78, 5) is 4.32. The molecule has 1 aliphatic rings. The molecule has 1 aromatic rings. The fraction of sp³-hybridized carbons (Fsp3) is 0.667. The number of rotatable bonds is 5. The van der Waals surface area contributed by atoms with Crippen molar-refractivity contribution in [3.05, 3.63) is 11.5 Å². The van der Waals surface area contributed by atoms with Gasteiger partial charge in [0.05, 0.1) is 11.8 Å². The van der Waals surface area contributed by atoms with Crippen LogP contribution in [0.2, 0.25) is 0 Å². The van der Waals surface area contributed by atoms with Crippen LogP contribution in [0.25, 0.3) is 0 Å². The smallest absolute Gasteiger partial charge is 0.256 e. The third kappa shape index (κ3) is 2.48. The molecule has 17 heavy (non-hydrogen) atoms. The molecular weight excluding hydrogens is 234 g/mol. The third-order valence-corrected chi connectivity index (χ3v) is 4.37. The molecule has 0 aromatic carbocycles. The minimum atomic E-state index is -0.430. The molecule has 1 aromatic heterocycles. The van der Waals surface area contributed by atoms with E-state index in [-0.39, 0.29) is 0 Å². The second-order valence-corrected chi connectivity index (χ2v) is 5.44. The van der Waals surface area contributed by atoms with Gasteiger partial charge in [-0.2, -0.15) is 5.26 Å². The lowest BCUT2D eigenvalue weighted by Gasteiger charge is -2.24. The number of nitrogens with zero attached hydrogens (tertiary/aromatic N) is 2.